The summed E-state index contributed by atoms with van der Waals surface area (Å²) in [6.45, 7) is 5.26. The number of nitrogens with two attached hydrogens (primary N) is 1. The maximum atomic E-state index is 9.18. The van der Waals surface area contributed by atoms with Crippen LogP contribution in [-0.2, 0) is 0 Å². The lowest BCUT2D eigenvalue weighted by Gasteiger charge is -2.46. The molecule has 17 heavy (non-hydrogen) atoms. The van der Waals surface area contributed by atoms with Crippen LogP contribution in [0.5, 0.6) is 0 Å². The monoisotopic (exact) mass is 229 g/mol. The van der Waals surface area contributed by atoms with Gasteiger partial charge in [-0.05, 0) is 38.8 Å². The molecule has 0 aromatic heterocycles. The summed E-state index contributed by atoms with van der Waals surface area (Å²) in [5.41, 5.74) is 7.86. The number of hydrogen-bond donors (Lipinski definition) is 1. The Bertz CT molecular complexity index is 445. The van der Waals surface area contributed by atoms with E-state index >= 15 is 0 Å². The Hall–Kier alpha value is -1.53. The fourth-order valence-electron chi connectivity index (χ4n) is 2.47. The van der Waals surface area contributed by atoms with Crippen LogP contribution in [-0.4, -0.2) is 18.1 Å². The summed E-state index contributed by atoms with van der Waals surface area (Å²) in [6.07, 6.45) is 2.12. The van der Waals surface area contributed by atoms with Crippen molar-refractivity contribution < 1.29 is 0 Å². The van der Waals surface area contributed by atoms with Crippen molar-refractivity contribution in [2.45, 2.75) is 38.3 Å². The predicted octanol–water partition coefficient (Wildman–Crippen LogP) is 2.26. The zero-order valence-corrected chi connectivity index (χ0v) is 10.5. The van der Waals surface area contributed by atoms with Crippen LogP contribution in [0.4, 0.5) is 5.69 Å². The number of piperidine rings is 1. The summed E-state index contributed by atoms with van der Waals surface area (Å²) in [7, 11) is 0. The number of para-hydroxylation sites is 1. The van der Waals surface area contributed by atoms with Gasteiger partial charge in [-0.25, -0.2) is 0 Å². The molecule has 0 amide bonds. The third-order valence-corrected chi connectivity index (χ3v) is 3.59. The average Bonchev–Trinajstić information content (AvgIpc) is 2.32. The fraction of sp³-hybridized carbons (Fsp3) is 0.500. The molecule has 1 aromatic carbocycles. The van der Waals surface area contributed by atoms with Crippen LogP contribution in [0.3, 0.4) is 0 Å². The van der Waals surface area contributed by atoms with Crippen molar-refractivity contribution in [3.05, 3.63) is 29.8 Å². The second-order valence-corrected chi connectivity index (χ2v) is 5.35. The summed E-state index contributed by atoms with van der Waals surface area (Å²) < 4.78 is 0. The Morgan fingerprint density at radius 2 is 2.12 bits per heavy atom. The molecule has 2 N–H and O–H groups in total. The van der Waals surface area contributed by atoms with Crippen molar-refractivity contribution >= 4 is 5.69 Å². The van der Waals surface area contributed by atoms with Gasteiger partial charge in [-0.15, -0.1) is 0 Å². The molecule has 1 saturated heterocycles. The maximum Gasteiger partial charge on any atom is 0.101 e. The van der Waals surface area contributed by atoms with Crippen molar-refractivity contribution in [3.8, 4) is 6.07 Å². The number of benzene rings is 1. The summed E-state index contributed by atoms with van der Waals surface area (Å²) in [5, 5.41) is 9.18. The first-order valence-electron chi connectivity index (χ1n) is 6.07. The van der Waals surface area contributed by atoms with Gasteiger partial charge in [0.05, 0.1) is 11.3 Å². The van der Waals surface area contributed by atoms with Crippen LogP contribution in [0.25, 0.3) is 0 Å². The van der Waals surface area contributed by atoms with E-state index in [9.17, 15) is 5.26 Å². The van der Waals surface area contributed by atoms with Crippen molar-refractivity contribution in [2.24, 2.45) is 5.73 Å². The van der Waals surface area contributed by atoms with Gasteiger partial charge in [0.25, 0.3) is 0 Å². The average molecular weight is 229 g/mol. The first-order chi connectivity index (χ1) is 8.04. The molecule has 0 bridgehead atoms. The molecule has 1 aromatic rings. The molecule has 1 aliphatic heterocycles. The highest BCUT2D eigenvalue weighted by Gasteiger charge is 2.33. The van der Waals surface area contributed by atoms with Crippen molar-refractivity contribution in [2.75, 3.05) is 11.4 Å². The van der Waals surface area contributed by atoms with E-state index in [1.165, 1.54) is 0 Å². The molecule has 3 nitrogen and oxygen atoms in total. The standard InChI is InChI=1S/C14H19N3/c1-14(2)8-7-12(16)10-17(14)13-6-4-3-5-11(13)9-15/h3-6,12H,7-8,10,16H2,1-2H3. The highest BCUT2D eigenvalue weighted by atomic mass is 15.2. The highest BCUT2D eigenvalue weighted by Crippen LogP contribution is 2.33. The van der Waals surface area contributed by atoms with Gasteiger partial charge in [0.2, 0.25) is 0 Å². The van der Waals surface area contributed by atoms with Gasteiger partial charge in [-0.3, -0.25) is 0 Å². The molecule has 1 aliphatic rings. The molecule has 0 saturated carbocycles. The van der Waals surface area contributed by atoms with Crippen molar-refractivity contribution in [1.82, 2.24) is 0 Å². The Labute approximate surface area is 103 Å². The molecule has 90 valence electrons. The highest BCUT2D eigenvalue weighted by molar-refractivity contribution is 5.61. The van der Waals surface area contributed by atoms with E-state index in [0.717, 1.165) is 30.6 Å². The summed E-state index contributed by atoms with van der Waals surface area (Å²) in [4.78, 5) is 2.28. The summed E-state index contributed by atoms with van der Waals surface area (Å²) in [6, 6.07) is 10.2. The number of nitrogens with zero attached hydrogens (tertiary/aromatic N) is 2. The number of rotatable bonds is 1. The number of anilines is 1. The van der Waals surface area contributed by atoms with Gasteiger partial charge in [-0.1, -0.05) is 12.1 Å². The van der Waals surface area contributed by atoms with Crippen molar-refractivity contribution in [1.29, 1.82) is 5.26 Å². The van der Waals surface area contributed by atoms with Gasteiger partial charge in [-0.2, -0.15) is 5.26 Å². The topological polar surface area (TPSA) is 53.0 Å². The quantitative estimate of drug-likeness (QED) is 0.803. The molecule has 2 rings (SSSR count). The van der Waals surface area contributed by atoms with E-state index in [0.29, 0.717) is 0 Å². The minimum absolute atomic E-state index is 0.0722. The summed E-state index contributed by atoms with van der Waals surface area (Å²) >= 11 is 0. The van der Waals surface area contributed by atoms with E-state index in [2.05, 4.69) is 24.8 Å². The van der Waals surface area contributed by atoms with Gasteiger partial charge >= 0.3 is 0 Å². The Kier molecular flexibility index (Phi) is 3.08. The second kappa shape index (κ2) is 4.38. The zero-order valence-electron chi connectivity index (χ0n) is 10.5. The minimum atomic E-state index is 0.0722. The molecular formula is C14H19N3. The third kappa shape index (κ3) is 2.27. The van der Waals surface area contributed by atoms with Gasteiger partial charge < -0.3 is 10.6 Å². The van der Waals surface area contributed by atoms with Crippen LogP contribution < -0.4 is 10.6 Å². The molecule has 1 heterocycles. The fourth-order valence-corrected chi connectivity index (χ4v) is 2.47. The first-order valence-corrected chi connectivity index (χ1v) is 6.07. The third-order valence-electron chi connectivity index (χ3n) is 3.59. The largest absolute Gasteiger partial charge is 0.364 e. The van der Waals surface area contributed by atoms with Crippen LogP contribution in [0.15, 0.2) is 24.3 Å². The molecule has 0 spiro atoms. The SMILES string of the molecule is CC1(C)CCC(N)CN1c1ccccc1C#N. The zero-order chi connectivity index (χ0) is 12.5. The maximum absolute atomic E-state index is 9.18. The van der Waals surface area contributed by atoms with Gasteiger partial charge in [0, 0.05) is 18.1 Å². The number of nitriles is 1. The molecule has 3 heteroatoms. The second-order valence-electron chi connectivity index (χ2n) is 5.35. The first kappa shape index (κ1) is 11.9. The molecule has 1 atom stereocenters. The molecule has 1 fully saturated rings. The van der Waals surface area contributed by atoms with Crippen LogP contribution in [0.2, 0.25) is 0 Å². The normalized spacial score (nSPS) is 23.2. The summed E-state index contributed by atoms with van der Waals surface area (Å²) in [5.74, 6) is 0. The lowest BCUT2D eigenvalue weighted by molar-refractivity contribution is 0.335. The Morgan fingerprint density at radius 3 is 2.82 bits per heavy atom. The van der Waals surface area contributed by atoms with Gasteiger partial charge in [0.1, 0.15) is 6.07 Å². The number of hydrogen-bond acceptors (Lipinski definition) is 3. The lowest BCUT2D eigenvalue weighted by atomic mass is 9.87. The molecule has 0 aliphatic carbocycles. The van der Waals surface area contributed by atoms with Crippen molar-refractivity contribution in [3.63, 3.8) is 0 Å². The molecule has 0 radical (unpaired) electrons. The smallest absolute Gasteiger partial charge is 0.101 e. The van der Waals surface area contributed by atoms with Gasteiger partial charge in [0.15, 0.2) is 0 Å². The van der Waals surface area contributed by atoms with Crippen LogP contribution in [0.1, 0.15) is 32.3 Å². The Morgan fingerprint density at radius 1 is 1.41 bits per heavy atom. The van der Waals surface area contributed by atoms with E-state index in [-0.39, 0.29) is 11.6 Å². The lowest BCUT2D eigenvalue weighted by Crippen LogP contribution is -2.54. The Balaban J connectivity index is 2.40. The van der Waals surface area contributed by atoms with Crippen LogP contribution >= 0.6 is 0 Å². The van der Waals surface area contributed by atoms with E-state index in [4.69, 9.17) is 5.73 Å². The van der Waals surface area contributed by atoms with Crippen LogP contribution in [0, 0.1) is 11.3 Å². The van der Waals surface area contributed by atoms with E-state index in [1.807, 2.05) is 24.3 Å². The molecule has 1 unspecified atom stereocenters. The van der Waals surface area contributed by atoms with E-state index < -0.39 is 0 Å². The minimum Gasteiger partial charge on any atom is -0.364 e. The predicted molar refractivity (Wildman–Crippen MR) is 69.8 cm³/mol. The molecular weight excluding hydrogens is 210 g/mol. The van der Waals surface area contributed by atoms with E-state index in [1.54, 1.807) is 0 Å².